The predicted octanol–water partition coefficient (Wildman–Crippen LogP) is 3.05. The highest BCUT2D eigenvalue weighted by atomic mass is 16.1. The summed E-state index contributed by atoms with van der Waals surface area (Å²) >= 11 is 0. The van der Waals surface area contributed by atoms with Crippen molar-refractivity contribution in [1.29, 1.82) is 0 Å². The molecule has 1 heterocycles. The van der Waals surface area contributed by atoms with E-state index in [2.05, 4.69) is 17.9 Å². The molecule has 0 saturated carbocycles. The van der Waals surface area contributed by atoms with E-state index in [4.69, 9.17) is 0 Å². The van der Waals surface area contributed by atoms with Crippen LogP contribution in [0.15, 0.2) is 35.9 Å². The first-order chi connectivity index (χ1) is 7.68. The molecule has 2 nitrogen and oxygen atoms in total. The monoisotopic (exact) mass is 215 g/mol. The molecule has 1 aliphatic rings. The summed E-state index contributed by atoms with van der Waals surface area (Å²) in [7, 11) is 0. The Bertz CT molecular complexity index is 434. The average molecular weight is 215 g/mol. The first kappa shape index (κ1) is 10.9. The Morgan fingerprint density at radius 1 is 1.31 bits per heavy atom. The second-order valence-corrected chi connectivity index (χ2v) is 4.32. The zero-order chi connectivity index (χ0) is 11.5. The van der Waals surface area contributed by atoms with Gasteiger partial charge in [0.15, 0.2) is 5.78 Å². The van der Waals surface area contributed by atoms with Crippen LogP contribution >= 0.6 is 0 Å². The average Bonchev–Trinajstić information content (AvgIpc) is 2.30. The van der Waals surface area contributed by atoms with Crippen molar-refractivity contribution in [3.05, 3.63) is 41.5 Å². The van der Waals surface area contributed by atoms with Gasteiger partial charge in [-0.25, -0.2) is 0 Å². The van der Waals surface area contributed by atoms with E-state index in [9.17, 15) is 4.79 Å². The molecule has 0 atom stereocenters. The van der Waals surface area contributed by atoms with Gasteiger partial charge in [0.05, 0.1) is 0 Å². The van der Waals surface area contributed by atoms with Gasteiger partial charge >= 0.3 is 0 Å². The Hall–Kier alpha value is -1.57. The van der Waals surface area contributed by atoms with Crippen LogP contribution in [0.4, 0.5) is 5.69 Å². The van der Waals surface area contributed by atoms with Crippen LogP contribution < -0.4 is 4.90 Å². The smallest absolute Gasteiger partial charge is 0.161 e. The number of carbonyl (C=O) groups is 1. The molecule has 0 aliphatic carbocycles. The first-order valence-electron chi connectivity index (χ1n) is 5.69. The number of ketones is 1. The van der Waals surface area contributed by atoms with Crippen LogP contribution in [0.5, 0.6) is 0 Å². The van der Waals surface area contributed by atoms with Crippen molar-refractivity contribution in [2.45, 2.75) is 20.3 Å². The molecule has 0 aromatic heterocycles. The van der Waals surface area contributed by atoms with Crippen LogP contribution in [0.2, 0.25) is 0 Å². The van der Waals surface area contributed by atoms with Gasteiger partial charge in [-0.05, 0) is 32.4 Å². The molecule has 0 amide bonds. The Kier molecular flexibility index (Phi) is 3.09. The molecule has 0 bridgehead atoms. The molecular formula is C14H17NO. The summed E-state index contributed by atoms with van der Waals surface area (Å²) in [6.07, 6.45) is 3.33. The fourth-order valence-electron chi connectivity index (χ4n) is 2.04. The molecule has 2 heteroatoms. The van der Waals surface area contributed by atoms with E-state index >= 15 is 0 Å². The molecule has 0 N–H and O–H groups in total. The van der Waals surface area contributed by atoms with Crippen molar-refractivity contribution < 1.29 is 4.79 Å². The molecule has 0 fully saturated rings. The number of hydrogen-bond acceptors (Lipinski definition) is 2. The number of Topliss-reactive ketones (excluding diaryl/α,β-unsaturated/α-hetero) is 1. The summed E-state index contributed by atoms with van der Waals surface area (Å²) in [5, 5.41) is 0. The van der Waals surface area contributed by atoms with Crippen molar-refractivity contribution in [2.75, 3.05) is 18.0 Å². The van der Waals surface area contributed by atoms with Crippen molar-refractivity contribution in [3.63, 3.8) is 0 Å². The third-order valence-corrected chi connectivity index (χ3v) is 3.06. The summed E-state index contributed by atoms with van der Waals surface area (Å²) in [6.45, 7) is 5.71. The fraction of sp³-hybridized carbons (Fsp3) is 0.357. The molecule has 0 radical (unpaired) electrons. The van der Waals surface area contributed by atoms with E-state index in [0.717, 1.165) is 30.8 Å². The summed E-state index contributed by atoms with van der Waals surface area (Å²) in [4.78, 5) is 13.8. The summed E-state index contributed by atoms with van der Waals surface area (Å²) in [5.41, 5.74) is 3.34. The van der Waals surface area contributed by atoms with Gasteiger partial charge in [0, 0.05) is 24.3 Å². The van der Waals surface area contributed by atoms with Gasteiger partial charge in [0.25, 0.3) is 0 Å². The third kappa shape index (κ3) is 2.16. The van der Waals surface area contributed by atoms with E-state index in [0.29, 0.717) is 0 Å². The molecular weight excluding hydrogens is 198 g/mol. The highest BCUT2D eigenvalue weighted by Gasteiger charge is 2.14. The number of para-hydroxylation sites is 1. The topological polar surface area (TPSA) is 20.3 Å². The number of rotatable bonds is 2. The summed E-state index contributed by atoms with van der Waals surface area (Å²) < 4.78 is 0. The molecule has 1 aromatic carbocycles. The quantitative estimate of drug-likeness (QED) is 0.558. The van der Waals surface area contributed by atoms with E-state index < -0.39 is 0 Å². The Labute approximate surface area is 96.6 Å². The SMILES string of the molecule is CC(=O)c1ccccc1N1CC=C(C)CC1. The molecule has 0 spiro atoms. The van der Waals surface area contributed by atoms with Gasteiger partial charge in [-0.2, -0.15) is 0 Å². The van der Waals surface area contributed by atoms with Crippen molar-refractivity contribution in [1.82, 2.24) is 0 Å². The zero-order valence-corrected chi connectivity index (χ0v) is 9.86. The number of hydrogen-bond donors (Lipinski definition) is 0. The lowest BCUT2D eigenvalue weighted by molar-refractivity contribution is 0.101. The number of carbonyl (C=O) groups excluding carboxylic acids is 1. The van der Waals surface area contributed by atoms with E-state index in [1.807, 2.05) is 24.3 Å². The zero-order valence-electron chi connectivity index (χ0n) is 9.86. The van der Waals surface area contributed by atoms with Gasteiger partial charge in [0.2, 0.25) is 0 Å². The number of benzene rings is 1. The van der Waals surface area contributed by atoms with Crippen LogP contribution in [-0.2, 0) is 0 Å². The summed E-state index contributed by atoms with van der Waals surface area (Å²) in [5.74, 6) is 0.141. The highest BCUT2D eigenvalue weighted by molar-refractivity contribution is 5.99. The van der Waals surface area contributed by atoms with Crippen LogP contribution in [-0.4, -0.2) is 18.9 Å². The third-order valence-electron chi connectivity index (χ3n) is 3.06. The Morgan fingerprint density at radius 2 is 2.06 bits per heavy atom. The Morgan fingerprint density at radius 3 is 2.69 bits per heavy atom. The Balaban J connectivity index is 2.30. The molecule has 0 saturated heterocycles. The lowest BCUT2D eigenvalue weighted by atomic mass is 10.1. The largest absolute Gasteiger partial charge is 0.367 e. The lowest BCUT2D eigenvalue weighted by Crippen LogP contribution is -2.29. The van der Waals surface area contributed by atoms with Gasteiger partial charge < -0.3 is 4.90 Å². The van der Waals surface area contributed by atoms with Gasteiger partial charge in [0.1, 0.15) is 0 Å². The molecule has 1 aromatic rings. The van der Waals surface area contributed by atoms with Crippen LogP contribution in [0.3, 0.4) is 0 Å². The minimum atomic E-state index is 0.141. The van der Waals surface area contributed by atoms with Gasteiger partial charge in [-0.1, -0.05) is 23.8 Å². The second-order valence-electron chi connectivity index (χ2n) is 4.32. The highest BCUT2D eigenvalue weighted by Crippen LogP contribution is 2.23. The van der Waals surface area contributed by atoms with Crippen molar-refractivity contribution in [3.8, 4) is 0 Å². The van der Waals surface area contributed by atoms with E-state index in [1.54, 1.807) is 6.92 Å². The lowest BCUT2D eigenvalue weighted by Gasteiger charge is -2.29. The minimum Gasteiger partial charge on any atom is -0.367 e. The second kappa shape index (κ2) is 4.52. The minimum absolute atomic E-state index is 0.141. The summed E-state index contributed by atoms with van der Waals surface area (Å²) in [6, 6.07) is 7.85. The van der Waals surface area contributed by atoms with E-state index in [-0.39, 0.29) is 5.78 Å². The first-order valence-corrected chi connectivity index (χ1v) is 5.69. The molecule has 16 heavy (non-hydrogen) atoms. The van der Waals surface area contributed by atoms with Gasteiger partial charge in [-0.3, -0.25) is 4.79 Å². The van der Waals surface area contributed by atoms with Crippen LogP contribution in [0.1, 0.15) is 30.6 Å². The normalized spacial score (nSPS) is 15.9. The van der Waals surface area contributed by atoms with E-state index in [1.165, 1.54) is 5.57 Å². The number of nitrogens with zero attached hydrogens (tertiary/aromatic N) is 1. The maximum Gasteiger partial charge on any atom is 0.161 e. The maximum absolute atomic E-state index is 11.5. The molecule has 1 aliphatic heterocycles. The van der Waals surface area contributed by atoms with Crippen LogP contribution in [0, 0.1) is 0 Å². The maximum atomic E-state index is 11.5. The number of anilines is 1. The fourth-order valence-corrected chi connectivity index (χ4v) is 2.04. The standard InChI is InChI=1S/C14H17NO/c1-11-7-9-15(10-8-11)14-6-4-3-5-13(14)12(2)16/h3-7H,8-10H2,1-2H3. The van der Waals surface area contributed by atoms with Gasteiger partial charge in [-0.15, -0.1) is 0 Å². The van der Waals surface area contributed by atoms with Crippen molar-refractivity contribution >= 4 is 11.5 Å². The molecule has 0 unspecified atom stereocenters. The molecule has 2 rings (SSSR count). The molecule has 84 valence electrons. The predicted molar refractivity (Wildman–Crippen MR) is 67.0 cm³/mol. The van der Waals surface area contributed by atoms with Crippen molar-refractivity contribution in [2.24, 2.45) is 0 Å². The van der Waals surface area contributed by atoms with Crippen LogP contribution in [0.25, 0.3) is 0 Å².